The lowest BCUT2D eigenvalue weighted by Gasteiger charge is -1.96. The lowest BCUT2D eigenvalue weighted by Crippen LogP contribution is -2.17. The van der Waals surface area contributed by atoms with Crippen molar-refractivity contribution in [2.24, 2.45) is 0 Å². The third-order valence-corrected chi connectivity index (χ3v) is 2.27. The Morgan fingerprint density at radius 3 is 2.92 bits per heavy atom. The maximum Gasteiger partial charge on any atom is 0.272 e. The predicted molar refractivity (Wildman–Crippen MR) is 47.7 cm³/mol. The van der Waals surface area contributed by atoms with Crippen molar-refractivity contribution in [3.05, 3.63) is 46.2 Å². The van der Waals surface area contributed by atoms with Crippen LogP contribution in [0.5, 0.6) is 0 Å². The summed E-state index contributed by atoms with van der Waals surface area (Å²) in [7, 11) is 0. The summed E-state index contributed by atoms with van der Waals surface area (Å²) in [5.41, 5.74) is -0.0973. The number of aromatic nitrogens is 2. The van der Waals surface area contributed by atoms with Crippen LogP contribution in [0.4, 0.5) is 0 Å². The molecule has 2 heterocycles. The van der Waals surface area contributed by atoms with E-state index in [9.17, 15) is 4.79 Å². The maximum atomic E-state index is 11.2. The number of thiophene rings is 1. The van der Waals surface area contributed by atoms with E-state index in [0.717, 1.165) is 5.00 Å². The van der Waals surface area contributed by atoms with Crippen molar-refractivity contribution in [2.45, 2.75) is 0 Å². The SMILES string of the molecule is O=c1cccnn1-c1cccs1. The number of rotatable bonds is 1. The van der Waals surface area contributed by atoms with E-state index in [2.05, 4.69) is 5.10 Å². The molecule has 60 valence electrons. The molecule has 2 rings (SSSR count). The molecule has 0 amide bonds. The van der Waals surface area contributed by atoms with Gasteiger partial charge in [0.1, 0.15) is 5.00 Å². The molecule has 0 saturated heterocycles. The number of hydrogen-bond donors (Lipinski definition) is 0. The molecule has 0 bridgehead atoms. The summed E-state index contributed by atoms with van der Waals surface area (Å²) in [6.07, 6.45) is 1.60. The summed E-state index contributed by atoms with van der Waals surface area (Å²) in [5, 5.41) is 6.70. The van der Waals surface area contributed by atoms with Gasteiger partial charge in [0, 0.05) is 12.3 Å². The number of hydrogen-bond acceptors (Lipinski definition) is 3. The van der Waals surface area contributed by atoms with Crippen molar-refractivity contribution in [1.29, 1.82) is 0 Å². The monoisotopic (exact) mass is 178 g/mol. The second-order valence-corrected chi connectivity index (χ2v) is 3.15. The Morgan fingerprint density at radius 2 is 2.25 bits per heavy atom. The quantitative estimate of drug-likeness (QED) is 0.659. The topological polar surface area (TPSA) is 34.9 Å². The van der Waals surface area contributed by atoms with Gasteiger partial charge in [-0.25, -0.2) is 0 Å². The van der Waals surface area contributed by atoms with Crippen LogP contribution in [0.1, 0.15) is 0 Å². The molecule has 3 nitrogen and oxygen atoms in total. The molecule has 0 aromatic carbocycles. The Bertz CT molecular complexity index is 419. The van der Waals surface area contributed by atoms with Crippen LogP contribution in [-0.4, -0.2) is 9.78 Å². The zero-order valence-electron chi connectivity index (χ0n) is 6.18. The van der Waals surface area contributed by atoms with Crippen molar-refractivity contribution in [2.75, 3.05) is 0 Å². The minimum atomic E-state index is -0.0973. The molecule has 0 unspecified atom stereocenters. The molecule has 0 aliphatic heterocycles. The van der Waals surface area contributed by atoms with Gasteiger partial charge in [-0.2, -0.15) is 9.78 Å². The predicted octanol–water partition coefficient (Wildman–Crippen LogP) is 1.29. The first kappa shape index (κ1) is 7.24. The maximum absolute atomic E-state index is 11.2. The van der Waals surface area contributed by atoms with E-state index < -0.39 is 0 Å². The van der Waals surface area contributed by atoms with Crippen molar-refractivity contribution in [3.8, 4) is 5.00 Å². The molecule has 0 aliphatic rings. The number of nitrogens with zero attached hydrogens (tertiary/aromatic N) is 2. The van der Waals surface area contributed by atoms with Crippen molar-refractivity contribution in [3.63, 3.8) is 0 Å². The third kappa shape index (κ3) is 1.16. The Labute approximate surface area is 72.9 Å². The summed E-state index contributed by atoms with van der Waals surface area (Å²) in [6.45, 7) is 0. The summed E-state index contributed by atoms with van der Waals surface area (Å²) in [5.74, 6) is 0. The minimum absolute atomic E-state index is 0.0973. The summed E-state index contributed by atoms with van der Waals surface area (Å²) < 4.78 is 1.38. The molecule has 0 spiro atoms. The first-order chi connectivity index (χ1) is 5.88. The highest BCUT2D eigenvalue weighted by Gasteiger charge is 1.98. The largest absolute Gasteiger partial charge is 0.272 e. The van der Waals surface area contributed by atoms with E-state index in [1.54, 1.807) is 12.3 Å². The normalized spacial score (nSPS) is 10.0. The van der Waals surface area contributed by atoms with E-state index in [4.69, 9.17) is 0 Å². The Hall–Kier alpha value is -1.42. The van der Waals surface area contributed by atoms with Gasteiger partial charge in [-0.1, -0.05) is 0 Å². The molecule has 0 N–H and O–H groups in total. The highest BCUT2D eigenvalue weighted by Crippen LogP contribution is 2.10. The van der Waals surface area contributed by atoms with Gasteiger partial charge in [0.15, 0.2) is 0 Å². The highest BCUT2D eigenvalue weighted by atomic mass is 32.1. The molecule has 4 heteroatoms. The van der Waals surface area contributed by atoms with Gasteiger partial charge < -0.3 is 0 Å². The lowest BCUT2D eigenvalue weighted by atomic mass is 10.5. The highest BCUT2D eigenvalue weighted by molar-refractivity contribution is 7.12. The smallest absolute Gasteiger partial charge is 0.267 e. The molecule has 0 fully saturated rings. The molecular weight excluding hydrogens is 172 g/mol. The average molecular weight is 178 g/mol. The van der Waals surface area contributed by atoms with Crippen LogP contribution in [0.2, 0.25) is 0 Å². The van der Waals surface area contributed by atoms with Gasteiger partial charge in [-0.15, -0.1) is 11.3 Å². The van der Waals surface area contributed by atoms with Gasteiger partial charge >= 0.3 is 0 Å². The third-order valence-electron chi connectivity index (χ3n) is 1.43. The molecule has 0 radical (unpaired) electrons. The molecule has 0 saturated carbocycles. The zero-order valence-corrected chi connectivity index (χ0v) is 6.99. The van der Waals surface area contributed by atoms with E-state index in [1.807, 2.05) is 17.5 Å². The minimum Gasteiger partial charge on any atom is -0.267 e. The van der Waals surface area contributed by atoms with Crippen LogP contribution in [-0.2, 0) is 0 Å². The van der Waals surface area contributed by atoms with Crippen LogP contribution in [0, 0.1) is 0 Å². The van der Waals surface area contributed by atoms with E-state index in [0.29, 0.717) is 0 Å². The Morgan fingerprint density at radius 1 is 1.33 bits per heavy atom. The standard InChI is InChI=1S/C8H6N2OS/c11-7-3-1-5-9-10(7)8-4-2-6-12-8/h1-6H. The van der Waals surface area contributed by atoms with Gasteiger partial charge in [0.25, 0.3) is 5.56 Å². The van der Waals surface area contributed by atoms with Crippen LogP contribution in [0.15, 0.2) is 40.6 Å². The first-order valence-electron chi connectivity index (χ1n) is 3.46. The Kier molecular flexibility index (Phi) is 1.75. The fraction of sp³-hybridized carbons (Fsp3) is 0. The second kappa shape index (κ2) is 2.91. The van der Waals surface area contributed by atoms with Crippen molar-refractivity contribution >= 4 is 11.3 Å². The van der Waals surface area contributed by atoms with E-state index >= 15 is 0 Å². The van der Waals surface area contributed by atoms with Gasteiger partial charge in [-0.05, 0) is 23.6 Å². The average Bonchev–Trinajstić information content (AvgIpc) is 2.57. The fourth-order valence-corrected chi connectivity index (χ4v) is 1.60. The molecule has 0 aliphatic carbocycles. The summed E-state index contributed by atoms with van der Waals surface area (Å²) in [6, 6.07) is 6.87. The van der Waals surface area contributed by atoms with Gasteiger partial charge in [-0.3, -0.25) is 4.79 Å². The van der Waals surface area contributed by atoms with Crippen molar-refractivity contribution < 1.29 is 0 Å². The second-order valence-electron chi connectivity index (χ2n) is 2.22. The van der Waals surface area contributed by atoms with Crippen molar-refractivity contribution in [1.82, 2.24) is 9.78 Å². The summed E-state index contributed by atoms with van der Waals surface area (Å²) >= 11 is 1.49. The lowest BCUT2D eigenvalue weighted by molar-refractivity contribution is 0.820. The Balaban J connectivity index is 2.63. The van der Waals surface area contributed by atoms with Gasteiger partial charge in [0.2, 0.25) is 0 Å². The summed E-state index contributed by atoms with van der Waals surface area (Å²) in [4.78, 5) is 11.2. The van der Waals surface area contributed by atoms with Crippen LogP contribution < -0.4 is 5.56 Å². The fourth-order valence-electron chi connectivity index (χ4n) is 0.914. The van der Waals surface area contributed by atoms with Crippen LogP contribution >= 0.6 is 11.3 Å². The van der Waals surface area contributed by atoms with E-state index in [-0.39, 0.29) is 5.56 Å². The molecular formula is C8H6N2OS. The molecule has 2 aromatic rings. The zero-order chi connectivity index (χ0) is 8.39. The first-order valence-corrected chi connectivity index (χ1v) is 4.34. The molecule has 12 heavy (non-hydrogen) atoms. The van der Waals surface area contributed by atoms with Gasteiger partial charge in [0.05, 0.1) is 0 Å². The van der Waals surface area contributed by atoms with Crippen LogP contribution in [0.3, 0.4) is 0 Å². The van der Waals surface area contributed by atoms with Crippen LogP contribution in [0.25, 0.3) is 5.00 Å². The van der Waals surface area contributed by atoms with E-state index in [1.165, 1.54) is 22.1 Å². The molecule has 0 atom stereocenters. The molecule has 2 aromatic heterocycles.